The lowest BCUT2D eigenvalue weighted by atomic mass is 10.1. The molecule has 0 aliphatic carbocycles. The summed E-state index contributed by atoms with van der Waals surface area (Å²) in [5, 5.41) is 18.9. The fourth-order valence-corrected chi connectivity index (χ4v) is 2.78. The number of halogens is 2. The highest BCUT2D eigenvalue weighted by Crippen LogP contribution is 2.46. The first-order valence-electron chi connectivity index (χ1n) is 5.72. The van der Waals surface area contributed by atoms with Crippen LogP contribution >= 0.6 is 15.9 Å². The van der Waals surface area contributed by atoms with Crippen molar-refractivity contribution in [1.29, 1.82) is 0 Å². The van der Waals surface area contributed by atoms with Gasteiger partial charge in [-0.15, -0.1) is 0 Å². The zero-order valence-corrected chi connectivity index (χ0v) is 11.6. The molecule has 2 aromatic rings. The molecule has 20 heavy (non-hydrogen) atoms. The minimum Gasteiger partial charge on any atom is -0.394 e. The first kappa shape index (κ1) is 13.6. The molecule has 1 aliphatic rings. The second-order valence-corrected chi connectivity index (χ2v) is 5.63. The maximum atomic E-state index is 14.6. The number of nitrogens with zero attached hydrogens (tertiary/aromatic N) is 4. The summed E-state index contributed by atoms with van der Waals surface area (Å²) in [6.07, 6.45) is -1.31. The highest BCUT2D eigenvalue weighted by molar-refractivity contribution is 9.10. The molecule has 0 spiro atoms. The van der Waals surface area contributed by atoms with E-state index in [1.54, 1.807) is 0 Å². The molecule has 1 aliphatic heterocycles. The van der Waals surface area contributed by atoms with E-state index in [0.29, 0.717) is 5.52 Å². The number of alkyl halides is 2. The van der Waals surface area contributed by atoms with E-state index in [1.165, 1.54) is 17.2 Å². The van der Waals surface area contributed by atoms with Gasteiger partial charge in [-0.1, -0.05) is 0 Å². The zero-order chi connectivity index (χ0) is 14.5. The molecule has 4 atom stereocenters. The monoisotopic (exact) mass is 347 g/mol. The number of fused-ring (bicyclic) bond motifs is 1. The molecular weight excluding hydrogens is 337 g/mol. The van der Waals surface area contributed by atoms with E-state index < -0.39 is 29.6 Å². The lowest BCUT2D eigenvalue weighted by Gasteiger charge is -2.22. The molecule has 1 unspecified atom stereocenters. The van der Waals surface area contributed by atoms with Crippen molar-refractivity contribution in [2.24, 2.45) is 0 Å². The van der Waals surface area contributed by atoms with Crippen molar-refractivity contribution in [3.63, 3.8) is 0 Å². The topological polar surface area (TPSA) is 119 Å². The van der Waals surface area contributed by atoms with E-state index in [-0.39, 0.29) is 11.5 Å². The Labute approximate surface area is 120 Å². The number of imidazole rings is 1. The predicted molar refractivity (Wildman–Crippen MR) is 69.5 cm³/mol. The van der Waals surface area contributed by atoms with Gasteiger partial charge in [0.05, 0.1) is 12.9 Å². The lowest BCUT2D eigenvalue weighted by molar-refractivity contribution is -0.0472. The standard InChI is InChI=1S/C10H11BrFN5O3/c11-10(12)6(19)4(1-18)20-9(10)17-3-16-5-7(13)14-2-15-8(5)17/h2-4,6,9,18-19H,1H2,(H2,13,14,15)/t4-,6?,9-,10-/m1/s1. The molecule has 1 saturated heterocycles. The number of hydrogen-bond donors (Lipinski definition) is 3. The second kappa shape index (κ2) is 4.58. The molecule has 0 radical (unpaired) electrons. The number of ether oxygens (including phenoxy) is 1. The number of aliphatic hydroxyl groups excluding tert-OH is 2. The van der Waals surface area contributed by atoms with E-state index >= 15 is 0 Å². The van der Waals surface area contributed by atoms with Crippen LogP contribution in [0.3, 0.4) is 0 Å². The fourth-order valence-electron chi connectivity index (χ4n) is 2.16. The maximum absolute atomic E-state index is 14.6. The van der Waals surface area contributed by atoms with E-state index in [0.717, 1.165) is 0 Å². The molecule has 2 aromatic heterocycles. The molecule has 0 bridgehead atoms. The van der Waals surface area contributed by atoms with Crippen LogP contribution in [0.4, 0.5) is 10.2 Å². The Morgan fingerprint density at radius 2 is 2.25 bits per heavy atom. The number of nitrogens with two attached hydrogens (primary N) is 1. The Kier molecular flexibility index (Phi) is 3.12. The van der Waals surface area contributed by atoms with E-state index in [4.69, 9.17) is 15.6 Å². The van der Waals surface area contributed by atoms with Crippen molar-refractivity contribution in [2.75, 3.05) is 12.3 Å². The van der Waals surface area contributed by atoms with Gasteiger partial charge in [0.2, 0.25) is 4.58 Å². The van der Waals surface area contributed by atoms with Gasteiger partial charge in [-0.2, -0.15) is 0 Å². The van der Waals surface area contributed by atoms with E-state index in [1.807, 2.05) is 0 Å². The molecule has 10 heteroatoms. The fraction of sp³-hybridized carbons (Fsp3) is 0.500. The van der Waals surface area contributed by atoms with Gasteiger partial charge < -0.3 is 20.7 Å². The largest absolute Gasteiger partial charge is 0.394 e. The average molecular weight is 348 g/mol. The molecule has 0 saturated carbocycles. The maximum Gasteiger partial charge on any atom is 0.237 e. The number of aliphatic hydroxyl groups is 2. The first-order valence-corrected chi connectivity index (χ1v) is 6.51. The summed E-state index contributed by atoms with van der Waals surface area (Å²) in [5.74, 6) is 0.157. The minimum atomic E-state index is -2.28. The second-order valence-electron chi connectivity index (χ2n) is 4.41. The van der Waals surface area contributed by atoms with Gasteiger partial charge >= 0.3 is 0 Å². The summed E-state index contributed by atoms with van der Waals surface area (Å²) in [6, 6.07) is 0. The molecular formula is C10H11BrFN5O3. The number of anilines is 1. The first-order chi connectivity index (χ1) is 9.46. The molecule has 3 rings (SSSR count). The van der Waals surface area contributed by atoms with Gasteiger partial charge in [-0.25, -0.2) is 19.3 Å². The van der Waals surface area contributed by atoms with Crippen molar-refractivity contribution < 1.29 is 19.3 Å². The molecule has 3 heterocycles. The third-order valence-corrected chi connectivity index (χ3v) is 4.06. The molecule has 4 N–H and O–H groups in total. The van der Waals surface area contributed by atoms with Gasteiger partial charge in [-0.05, 0) is 15.9 Å². The van der Waals surface area contributed by atoms with Crippen molar-refractivity contribution in [2.45, 2.75) is 23.0 Å². The number of aromatic nitrogens is 4. The Balaban J connectivity index is 2.10. The Morgan fingerprint density at radius 1 is 1.50 bits per heavy atom. The Morgan fingerprint density at radius 3 is 2.90 bits per heavy atom. The number of rotatable bonds is 2. The summed E-state index contributed by atoms with van der Waals surface area (Å²) in [4.78, 5) is 11.8. The average Bonchev–Trinajstić information content (AvgIpc) is 2.92. The van der Waals surface area contributed by atoms with E-state index in [9.17, 15) is 9.50 Å². The molecule has 0 aromatic carbocycles. The van der Waals surface area contributed by atoms with Crippen LogP contribution in [0.25, 0.3) is 11.2 Å². The summed E-state index contributed by atoms with van der Waals surface area (Å²) in [6.45, 7) is -0.515. The van der Waals surface area contributed by atoms with Crippen LogP contribution in [0.1, 0.15) is 6.23 Å². The molecule has 0 amide bonds. The Bertz CT molecular complexity index is 651. The third kappa shape index (κ3) is 1.79. The van der Waals surface area contributed by atoms with Gasteiger partial charge in [-0.3, -0.25) is 4.57 Å². The number of hydrogen-bond acceptors (Lipinski definition) is 7. The number of nitrogen functional groups attached to an aromatic ring is 1. The van der Waals surface area contributed by atoms with Crippen LogP contribution in [-0.4, -0.2) is 53.1 Å². The quantitative estimate of drug-likeness (QED) is 0.639. The van der Waals surface area contributed by atoms with Gasteiger partial charge in [0, 0.05) is 0 Å². The lowest BCUT2D eigenvalue weighted by Crippen LogP contribution is -2.37. The van der Waals surface area contributed by atoms with Crippen molar-refractivity contribution >= 4 is 32.9 Å². The van der Waals surface area contributed by atoms with Crippen LogP contribution in [0.5, 0.6) is 0 Å². The van der Waals surface area contributed by atoms with Crippen molar-refractivity contribution in [3.05, 3.63) is 12.7 Å². The van der Waals surface area contributed by atoms with E-state index in [2.05, 4.69) is 30.9 Å². The summed E-state index contributed by atoms with van der Waals surface area (Å²) in [5.41, 5.74) is 6.23. The SMILES string of the molecule is Nc1ncnc2c1ncn2[C@@H]1O[C@H](CO)C(O)[C@]1(F)Br. The third-order valence-electron chi connectivity index (χ3n) is 3.20. The normalized spacial score (nSPS) is 33.9. The van der Waals surface area contributed by atoms with Crippen LogP contribution in [0, 0.1) is 0 Å². The smallest absolute Gasteiger partial charge is 0.237 e. The van der Waals surface area contributed by atoms with Gasteiger partial charge in [0.1, 0.15) is 24.1 Å². The zero-order valence-electron chi connectivity index (χ0n) is 10.0. The van der Waals surface area contributed by atoms with Crippen LogP contribution in [0.2, 0.25) is 0 Å². The summed E-state index contributed by atoms with van der Waals surface area (Å²) < 4.78 is 18.9. The van der Waals surface area contributed by atoms with Crippen LogP contribution < -0.4 is 5.73 Å². The highest BCUT2D eigenvalue weighted by atomic mass is 79.9. The van der Waals surface area contributed by atoms with Crippen molar-refractivity contribution in [1.82, 2.24) is 19.5 Å². The summed E-state index contributed by atoms with van der Waals surface area (Å²) in [7, 11) is 0. The molecule has 8 nitrogen and oxygen atoms in total. The Hall–Kier alpha value is -1.36. The van der Waals surface area contributed by atoms with Crippen molar-refractivity contribution in [3.8, 4) is 0 Å². The molecule has 1 fully saturated rings. The highest BCUT2D eigenvalue weighted by Gasteiger charge is 2.57. The summed E-state index contributed by atoms with van der Waals surface area (Å²) >= 11 is 2.81. The minimum absolute atomic E-state index is 0.157. The predicted octanol–water partition coefficient (Wildman–Crippen LogP) is -0.280. The van der Waals surface area contributed by atoms with Gasteiger partial charge in [0.15, 0.2) is 17.7 Å². The molecule has 108 valence electrons. The van der Waals surface area contributed by atoms with Gasteiger partial charge in [0.25, 0.3) is 0 Å². The van der Waals surface area contributed by atoms with Crippen LogP contribution in [-0.2, 0) is 4.74 Å². The van der Waals surface area contributed by atoms with Crippen LogP contribution in [0.15, 0.2) is 12.7 Å².